The number of aliphatic imine (C=N–C) groups is 2. The van der Waals surface area contributed by atoms with Crippen LogP contribution in [0.2, 0.25) is 10.0 Å². The topological polar surface area (TPSA) is 31.2 Å². The van der Waals surface area contributed by atoms with Gasteiger partial charge in [0.1, 0.15) is 11.5 Å². The quantitative estimate of drug-likeness (QED) is 0.574. The summed E-state index contributed by atoms with van der Waals surface area (Å²) in [6, 6.07) is 13.5. The average Bonchev–Trinajstić information content (AvgIpc) is 2.52. The van der Waals surface area contributed by atoms with Crippen LogP contribution in [0.3, 0.4) is 0 Å². The molecule has 0 spiro atoms. The first-order valence-corrected chi connectivity index (χ1v) is 8.15. The van der Waals surface area contributed by atoms with Crippen LogP contribution in [-0.4, -0.2) is 50.2 Å². The van der Waals surface area contributed by atoms with E-state index in [9.17, 15) is 0 Å². The second-order valence-corrected chi connectivity index (χ2v) is 6.48. The predicted molar refractivity (Wildman–Crippen MR) is 105 cm³/mol. The summed E-state index contributed by atoms with van der Waals surface area (Å²) >= 11 is 12.7. The molecule has 0 aliphatic heterocycles. The molecule has 0 unspecified atom stereocenters. The van der Waals surface area contributed by atoms with E-state index < -0.39 is 0 Å². The molecule has 0 radical (unpaired) electrons. The van der Waals surface area contributed by atoms with Gasteiger partial charge in [0.25, 0.3) is 0 Å². The standard InChI is InChI=1S/C18H20Cl2N4/c1-23(2)12-21-17-15(19)10-14(11-16(17)20)22-18(24(3)4)13-8-6-5-7-9-13/h5-12H,1-4H3. The molecule has 2 rings (SSSR count). The Bertz CT molecular complexity index is 730. The molecule has 0 heterocycles. The summed E-state index contributed by atoms with van der Waals surface area (Å²) in [6.07, 6.45) is 1.66. The maximum absolute atomic E-state index is 6.33. The van der Waals surface area contributed by atoms with Gasteiger partial charge in [-0.2, -0.15) is 0 Å². The summed E-state index contributed by atoms with van der Waals surface area (Å²) in [5, 5.41) is 0.927. The Kier molecular flexibility index (Phi) is 6.23. The van der Waals surface area contributed by atoms with Crippen molar-refractivity contribution in [3.05, 3.63) is 58.1 Å². The fourth-order valence-electron chi connectivity index (χ4n) is 2.05. The molecule has 0 amide bonds. The van der Waals surface area contributed by atoms with Crippen molar-refractivity contribution in [3.8, 4) is 0 Å². The van der Waals surface area contributed by atoms with Gasteiger partial charge in [0.15, 0.2) is 0 Å². The van der Waals surface area contributed by atoms with Gasteiger partial charge in [-0.25, -0.2) is 9.98 Å². The third-order valence-corrected chi connectivity index (χ3v) is 3.69. The lowest BCUT2D eigenvalue weighted by atomic mass is 10.2. The second-order valence-electron chi connectivity index (χ2n) is 5.66. The van der Waals surface area contributed by atoms with Gasteiger partial charge in [-0.15, -0.1) is 0 Å². The van der Waals surface area contributed by atoms with E-state index in [0.717, 1.165) is 11.4 Å². The molecule has 2 aromatic rings. The number of nitrogens with zero attached hydrogens (tertiary/aromatic N) is 4. The fraction of sp³-hybridized carbons (Fsp3) is 0.222. The van der Waals surface area contributed by atoms with Gasteiger partial charge in [0.05, 0.1) is 22.1 Å². The molecule has 0 N–H and O–H groups in total. The number of hydrogen-bond acceptors (Lipinski definition) is 2. The van der Waals surface area contributed by atoms with Crippen LogP contribution in [0.25, 0.3) is 0 Å². The van der Waals surface area contributed by atoms with E-state index in [1.54, 1.807) is 18.5 Å². The first kappa shape index (κ1) is 18.3. The smallest absolute Gasteiger partial charge is 0.136 e. The van der Waals surface area contributed by atoms with Crippen LogP contribution >= 0.6 is 23.2 Å². The molecule has 0 aliphatic carbocycles. The Labute approximate surface area is 153 Å². The first-order chi connectivity index (χ1) is 11.4. The third kappa shape index (κ3) is 4.73. The number of rotatable bonds is 4. The number of amidine groups is 1. The van der Waals surface area contributed by atoms with E-state index in [0.29, 0.717) is 21.4 Å². The van der Waals surface area contributed by atoms with Crippen molar-refractivity contribution in [2.45, 2.75) is 0 Å². The Morgan fingerprint density at radius 1 is 0.958 bits per heavy atom. The van der Waals surface area contributed by atoms with Gasteiger partial charge in [0, 0.05) is 33.8 Å². The first-order valence-electron chi connectivity index (χ1n) is 7.39. The highest BCUT2D eigenvalue weighted by Crippen LogP contribution is 2.37. The molecule has 0 bridgehead atoms. The van der Waals surface area contributed by atoms with Crippen LogP contribution in [0.1, 0.15) is 5.56 Å². The van der Waals surface area contributed by atoms with Gasteiger partial charge < -0.3 is 9.80 Å². The largest absolute Gasteiger partial charge is 0.369 e. The molecule has 4 nitrogen and oxygen atoms in total. The van der Waals surface area contributed by atoms with E-state index >= 15 is 0 Å². The molecular formula is C18H20Cl2N4. The molecule has 24 heavy (non-hydrogen) atoms. The zero-order valence-electron chi connectivity index (χ0n) is 14.2. The summed E-state index contributed by atoms with van der Waals surface area (Å²) in [7, 11) is 7.66. The van der Waals surface area contributed by atoms with Gasteiger partial charge in [-0.3, -0.25) is 0 Å². The molecular weight excluding hydrogens is 343 g/mol. The van der Waals surface area contributed by atoms with Crippen LogP contribution in [-0.2, 0) is 0 Å². The lowest BCUT2D eigenvalue weighted by molar-refractivity contribution is 0.624. The lowest BCUT2D eigenvalue weighted by Gasteiger charge is -2.16. The van der Waals surface area contributed by atoms with E-state index in [2.05, 4.69) is 4.99 Å². The van der Waals surface area contributed by atoms with Crippen molar-refractivity contribution < 1.29 is 0 Å². The molecule has 0 saturated carbocycles. The summed E-state index contributed by atoms with van der Waals surface area (Å²) < 4.78 is 0. The molecule has 0 fully saturated rings. The van der Waals surface area contributed by atoms with E-state index in [1.165, 1.54) is 0 Å². The summed E-state index contributed by atoms with van der Waals surface area (Å²) in [4.78, 5) is 12.8. The molecule has 6 heteroatoms. The maximum atomic E-state index is 6.33. The molecule has 2 aromatic carbocycles. The fourth-order valence-corrected chi connectivity index (χ4v) is 2.62. The van der Waals surface area contributed by atoms with Crippen LogP contribution in [0.5, 0.6) is 0 Å². The SMILES string of the molecule is CN(C)C=Nc1c(Cl)cc(N=C(c2ccccc2)N(C)C)cc1Cl. The minimum atomic E-state index is 0.463. The normalized spacial score (nSPS) is 11.8. The summed E-state index contributed by atoms with van der Waals surface area (Å²) in [5.74, 6) is 0.826. The minimum Gasteiger partial charge on any atom is -0.369 e. The van der Waals surface area contributed by atoms with Crippen molar-refractivity contribution in [3.63, 3.8) is 0 Å². The Balaban J connectivity index is 2.45. The summed E-state index contributed by atoms with van der Waals surface area (Å²) in [5.41, 5.74) is 2.24. The molecule has 0 aromatic heterocycles. The Morgan fingerprint density at radius 3 is 2.04 bits per heavy atom. The predicted octanol–water partition coefficient (Wildman–Crippen LogP) is 4.85. The Hall–Kier alpha value is -2.04. The molecule has 0 atom stereocenters. The summed E-state index contributed by atoms with van der Waals surface area (Å²) in [6.45, 7) is 0. The zero-order valence-corrected chi connectivity index (χ0v) is 15.7. The zero-order chi connectivity index (χ0) is 17.7. The van der Waals surface area contributed by atoms with Gasteiger partial charge in [0.2, 0.25) is 0 Å². The molecule has 0 aliphatic rings. The van der Waals surface area contributed by atoms with Crippen molar-refractivity contribution in [1.29, 1.82) is 0 Å². The minimum absolute atomic E-state index is 0.463. The van der Waals surface area contributed by atoms with E-state index in [-0.39, 0.29) is 0 Å². The van der Waals surface area contributed by atoms with Gasteiger partial charge >= 0.3 is 0 Å². The molecule has 0 saturated heterocycles. The van der Waals surface area contributed by atoms with Crippen LogP contribution in [0.15, 0.2) is 52.4 Å². The lowest BCUT2D eigenvalue weighted by Crippen LogP contribution is -2.22. The van der Waals surface area contributed by atoms with Crippen molar-refractivity contribution in [2.24, 2.45) is 9.98 Å². The highest BCUT2D eigenvalue weighted by molar-refractivity contribution is 6.39. The van der Waals surface area contributed by atoms with Crippen LogP contribution < -0.4 is 0 Å². The Morgan fingerprint density at radius 2 is 1.54 bits per heavy atom. The maximum Gasteiger partial charge on any atom is 0.136 e. The monoisotopic (exact) mass is 362 g/mol. The molecule has 126 valence electrons. The highest BCUT2D eigenvalue weighted by Gasteiger charge is 2.10. The average molecular weight is 363 g/mol. The van der Waals surface area contributed by atoms with Crippen LogP contribution in [0, 0.1) is 0 Å². The third-order valence-electron chi connectivity index (χ3n) is 3.11. The second kappa shape index (κ2) is 8.18. The van der Waals surface area contributed by atoms with Crippen molar-refractivity contribution in [1.82, 2.24) is 9.80 Å². The van der Waals surface area contributed by atoms with E-state index in [1.807, 2.05) is 68.3 Å². The number of hydrogen-bond donors (Lipinski definition) is 0. The van der Waals surface area contributed by atoms with Crippen LogP contribution in [0.4, 0.5) is 11.4 Å². The van der Waals surface area contributed by atoms with Gasteiger partial charge in [-0.05, 0) is 12.1 Å². The van der Waals surface area contributed by atoms with Crippen molar-refractivity contribution >= 4 is 46.8 Å². The van der Waals surface area contributed by atoms with Crippen molar-refractivity contribution in [2.75, 3.05) is 28.2 Å². The van der Waals surface area contributed by atoms with Gasteiger partial charge in [-0.1, -0.05) is 53.5 Å². The number of benzene rings is 2. The highest BCUT2D eigenvalue weighted by atomic mass is 35.5. The number of halogens is 2. The van der Waals surface area contributed by atoms with E-state index in [4.69, 9.17) is 28.2 Å².